The smallest absolute Gasteiger partial charge is 0.229 e. The number of carbonyl (C=O) groups is 1. The van der Waals surface area contributed by atoms with Crippen LogP contribution in [0, 0.1) is 12.3 Å². The van der Waals surface area contributed by atoms with Crippen molar-refractivity contribution in [1.29, 1.82) is 0 Å². The number of hydrogen-bond acceptors (Lipinski definition) is 6. The van der Waals surface area contributed by atoms with E-state index in [0.29, 0.717) is 18.4 Å². The first kappa shape index (κ1) is 18.8. The van der Waals surface area contributed by atoms with E-state index < -0.39 is 0 Å². The highest BCUT2D eigenvalue weighted by atomic mass is 16.5. The van der Waals surface area contributed by atoms with Gasteiger partial charge in [-0.25, -0.2) is 4.98 Å². The standard InChI is InChI=1S/C22H26N6O2/c1-15-13-19(30-2)24-21(23-15)27-10-7-22(8-11-27)9-12-28(20(22)29)14-18-16-5-3-4-6-17(16)25-26-18/h3-6,13H,7-12,14H2,1-2H3,(H,25,26). The molecule has 1 aromatic carbocycles. The van der Waals surface area contributed by atoms with Crippen molar-refractivity contribution in [2.75, 3.05) is 31.6 Å². The molecule has 2 aromatic heterocycles. The van der Waals surface area contributed by atoms with Crippen LogP contribution in [0.15, 0.2) is 30.3 Å². The number of nitrogens with one attached hydrogen (secondary N) is 1. The topological polar surface area (TPSA) is 87.2 Å². The number of carbonyl (C=O) groups excluding carboxylic acids is 1. The van der Waals surface area contributed by atoms with Gasteiger partial charge in [-0.15, -0.1) is 0 Å². The van der Waals surface area contributed by atoms with Crippen molar-refractivity contribution in [1.82, 2.24) is 25.1 Å². The zero-order valence-electron chi connectivity index (χ0n) is 17.4. The normalized spacial score (nSPS) is 18.5. The molecular formula is C22H26N6O2. The maximum Gasteiger partial charge on any atom is 0.229 e. The van der Waals surface area contributed by atoms with Crippen molar-refractivity contribution in [3.63, 3.8) is 0 Å². The largest absolute Gasteiger partial charge is 0.481 e. The summed E-state index contributed by atoms with van der Waals surface area (Å²) in [5, 5.41) is 8.60. The zero-order chi connectivity index (χ0) is 20.7. The van der Waals surface area contributed by atoms with Gasteiger partial charge in [0, 0.05) is 36.8 Å². The minimum Gasteiger partial charge on any atom is -0.481 e. The summed E-state index contributed by atoms with van der Waals surface area (Å²) in [4.78, 5) is 26.6. The number of piperidine rings is 1. The molecule has 0 aliphatic carbocycles. The van der Waals surface area contributed by atoms with E-state index in [-0.39, 0.29) is 11.3 Å². The number of aromatic amines is 1. The molecule has 5 rings (SSSR count). The zero-order valence-corrected chi connectivity index (χ0v) is 17.4. The van der Waals surface area contributed by atoms with Crippen LogP contribution in [0.2, 0.25) is 0 Å². The first-order chi connectivity index (χ1) is 14.6. The van der Waals surface area contributed by atoms with Gasteiger partial charge in [-0.2, -0.15) is 10.1 Å². The second-order valence-electron chi connectivity index (χ2n) is 8.31. The van der Waals surface area contributed by atoms with E-state index in [2.05, 4.69) is 31.1 Å². The van der Waals surface area contributed by atoms with Crippen LogP contribution in [0.5, 0.6) is 5.88 Å². The highest BCUT2D eigenvalue weighted by molar-refractivity contribution is 5.86. The summed E-state index contributed by atoms with van der Waals surface area (Å²) in [6, 6.07) is 9.89. The Kier molecular flexibility index (Phi) is 4.56. The maximum absolute atomic E-state index is 13.4. The lowest BCUT2D eigenvalue weighted by atomic mass is 9.77. The van der Waals surface area contributed by atoms with Gasteiger partial charge in [-0.05, 0) is 32.3 Å². The molecular weight excluding hydrogens is 380 g/mol. The summed E-state index contributed by atoms with van der Waals surface area (Å²) in [7, 11) is 1.62. The minimum atomic E-state index is -0.267. The average Bonchev–Trinajstić information content (AvgIpc) is 3.31. The van der Waals surface area contributed by atoms with Gasteiger partial charge >= 0.3 is 0 Å². The molecule has 0 atom stereocenters. The molecule has 2 aliphatic rings. The number of aromatic nitrogens is 4. The third kappa shape index (κ3) is 3.16. The molecule has 1 spiro atoms. The summed E-state index contributed by atoms with van der Waals surface area (Å²) in [6.07, 6.45) is 2.55. The summed E-state index contributed by atoms with van der Waals surface area (Å²) in [5.74, 6) is 1.52. The van der Waals surface area contributed by atoms with Crippen LogP contribution < -0.4 is 9.64 Å². The summed E-state index contributed by atoms with van der Waals surface area (Å²) in [5.41, 5.74) is 2.56. The quantitative estimate of drug-likeness (QED) is 0.717. The third-order valence-corrected chi connectivity index (χ3v) is 6.52. The molecule has 1 N–H and O–H groups in total. The molecule has 2 saturated heterocycles. The molecule has 2 aliphatic heterocycles. The van der Waals surface area contributed by atoms with Crippen LogP contribution in [0.25, 0.3) is 10.9 Å². The van der Waals surface area contributed by atoms with E-state index in [1.165, 1.54) is 0 Å². The number of aryl methyl sites for hydroxylation is 1. The molecule has 8 nitrogen and oxygen atoms in total. The highest BCUT2D eigenvalue weighted by Gasteiger charge is 2.48. The van der Waals surface area contributed by atoms with E-state index in [4.69, 9.17) is 4.74 Å². The van der Waals surface area contributed by atoms with Crippen molar-refractivity contribution in [3.05, 3.63) is 41.7 Å². The van der Waals surface area contributed by atoms with Gasteiger partial charge in [0.1, 0.15) is 0 Å². The van der Waals surface area contributed by atoms with Crippen LogP contribution in [0.4, 0.5) is 5.95 Å². The van der Waals surface area contributed by atoms with E-state index in [1.54, 1.807) is 7.11 Å². The minimum absolute atomic E-state index is 0.261. The molecule has 0 unspecified atom stereocenters. The van der Waals surface area contributed by atoms with Crippen molar-refractivity contribution >= 4 is 22.8 Å². The van der Waals surface area contributed by atoms with Gasteiger partial charge in [0.2, 0.25) is 17.7 Å². The van der Waals surface area contributed by atoms with Crippen LogP contribution in [0.3, 0.4) is 0 Å². The summed E-state index contributed by atoms with van der Waals surface area (Å²) in [6.45, 7) is 4.84. The van der Waals surface area contributed by atoms with E-state index >= 15 is 0 Å². The lowest BCUT2D eigenvalue weighted by molar-refractivity contribution is -0.137. The number of amides is 1. The van der Waals surface area contributed by atoms with E-state index in [1.807, 2.05) is 36.1 Å². The number of hydrogen-bond donors (Lipinski definition) is 1. The first-order valence-corrected chi connectivity index (χ1v) is 10.4. The number of H-pyrrole nitrogens is 1. The number of rotatable bonds is 4. The third-order valence-electron chi connectivity index (χ3n) is 6.52. The Morgan fingerprint density at radius 2 is 1.90 bits per heavy atom. The highest BCUT2D eigenvalue weighted by Crippen LogP contribution is 2.42. The summed E-state index contributed by atoms with van der Waals surface area (Å²) >= 11 is 0. The lowest BCUT2D eigenvalue weighted by Crippen LogP contribution is -2.45. The van der Waals surface area contributed by atoms with Gasteiger partial charge < -0.3 is 14.5 Å². The Bertz CT molecular complexity index is 1090. The number of fused-ring (bicyclic) bond motifs is 1. The molecule has 0 saturated carbocycles. The predicted octanol–water partition coefficient (Wildman–Crippen LogP) is 2.69. The SMILES string of the molecule is COc1cc(C)nc(N2CCC3(CCN(Cc4n[nH]c5ccccc45)C3=O)CC2)n1. The number of nitrogens with zero attached hydrogens (tertiary/aromatic N) is 5. The van der Waals surface area contributed by atoms with Gasteiger partial charge in [0.25, 0.3) is 0 Å². The average molecular weight is 406 g/mol. The number of likely N-dealkylation sites (tertiary alicyclic amines) is 1. The van der Waals surface area contributed by atoms with Crippen molar-refractivity contribution in [2.45, 2.75) is 32.7 Å². The van der Waals surface area contributed by atoms with Crippen LogP contribution in [-0.4, -0.2) is 57.7 Å². The van der Waals surface area contributed by atoms with Crippen LogP contribution >= 0.6 is 0 Å². The Balaban J connectivity index is 1.28. The molecule has 4 heterocycles. The summed E-state index contributed by atoms with van der Waals surface area (Å²) < 4.78 is 5.28. The molecule has 1 amide bonds. The fourth-order valence-electron chi connectivity index (χ4n) is 4.73. The number of ether oxygens (including phenoxy) is 1. The van der Waals surface area contributed by atoms with E-state index in [0.717, 1.165) is 61.2 Å². The predicted molar refractivity (Wildman–Crippen MR) is 113 cm³/mol. The van der Waals surface area contributed by atoms with Gasteiger partial charge in [0.15, 0.2) is 0 Å². The Labute approximate surface area is 175 Å². The van der Waals surface area contributed by atoms with Crippen molar-refractivity contribution in [3.8, 4) is 5.88 Å². The van der Waals surface area contributed by atoms with Crippen molar-refractivity contribution < 1.29 is 9.53 Å². The fourth-order valence-corrected chi connectivity index (χ4v) is 4.73. The molecule has 0 radical (unpaired) electrons. The number of methoxy groups -OCH3 is 1. The number of benzene rings is 1. The molecule has 8 heteroatoms. The Morgan fingerprint density at radius 1 is 1.13 bits per heavy atom. The van der Waals surface area contributed by atoms with Crippen LogP contribution in [-0.2, 0) is 11.3 Å². The van der Waals surface area contributed by atoms with E-state index in [9.17, 15) is 4.79 Å². The number of anilines is 1. The lowest BCUT2D eigenvalue weighted by Gasteiger charge is -2.38. The molecule has 3 aromatic rings. The molecule has 0 bridgehead atoms. The Morgan fingerprint density at radius 3 is 2.70 bits per heavy atom. The van der Waals surface area contributed by atoms with Crippen LogP contribution in [0.1, 0.15) is 30.7 Å². The fraction of sp³-hybridized carbons (Fsp3) is 0.455. The maximum atomic E-state index is 13.4. The van der Waals surface area contributed by atoms with Gasteiger partial charge in [-0.1, -0.05) is 18.2 Å². The molecule has 30 heavy (non-hydrogen) atoms. The Hall–Kier alpha value is -3.16. The first-order valence-electron chi connectivity index (χ1n) is 10.4. The second kappa shape index (κ2) is 7.27. The monoisotopic (exact) mass is 406 g/mol. The van der Waals surface area contributed by atoms with Gasteiger partial charge in [-0.3, -0.25) is 9.89 Å². The van der Waals surface area contributed by atoms with Crippen molar-refractivity contribution in [2.24, 2.45) is 5.41 Å². The second-order valence-corrected chi connectivity index (χ2v) is 8.31. The molecule has 2 fully saturated rings. The molecule has 156 valence electrons. The number of para-hydroxylation sites is 1. The van der Waals surface area contributed by atoms with Gasteiger partial charge in [0.05, 0.1) is 30.3 Å².